The van der Waals surface area contributed by atoms with Gasteiger partial charge in [0.1, 0.15) is 5.75 Å². The van der Waals surface area contributed by atoms with Gasteiger partial charge < -0.3 is 10.1 Å². The van der Waals surface area contributed by atoms with Crippen LogP contribution >= 0.6 is 34.8 Å². The van der Waals surface area contributed by atoms with E-state index in [0.29, 0.717) is 16.3 Å². The van der Waals surface area contributed by atoms with Gasteiger partial charge >= 0.3 is 17.8 Å². The van der Waals surface area contributed by atoms with E-state index < -0.39 is 17.8 Å². The van der Waals surface area contributed by atoms with Crippen LogP contribution in [0.1, 0.15) is 15.9 Å². The molecule has 0 saturated heterocycles. The van der Waals surface area contributed by atoms with E-state index in [1.807, 2.05) is 0 Å². The molecule has 7 nitrogen and oxygen atoms in total. The van der Waals surface area contributed by atoms with Gasteiger partial charge in [-0.2, -0.15) is 5.10 Å². The third-order valence-corrected chi connectivity index (χ3v) is 5.12. The Labute approximate surface area is 197 Å². The molecule has 32 heavy (non-hydrogen) atoms. The normalized spacial score (nSPS) is 10.6. The third-order valence-electron chi connectivity index (χ3n) is 3.97. The number of benzene rings is 3. The van der Waals surface area contributed by atoms with E-state index in [1.165, 1.54) is 12.3 Å². The molecule has 3 rings (SSSR count). The summed E-state index contributed by atoms with van der Waals surface area (Å²) >= 11 is 17.8. The molecular weight excluding hydrogens is 477 g/mol. The first-order valence-corrected chi connectivity index (χ1v) is 10.1. The van der Waals surface area contributed by atoms with Crippen molar-refractivity contribution in [3.8, 4) is 5.75 Å². The molecule has 162 valence electrons. The molecule has 0 fully saturated rings. The Bertz CT molecular complexity index is 1200. The predicted molar refractivity (Wildman–Crippen MR) is 124 cm³/mol. The summed E-state index contributed by atoms with van der Waals surface area (Å²) in [4.78, 5) is 36.0. The van der Waals surface area contributed by atoms with Gasteiger partial charge in [-0.1, -0.05) is 53.0 Å². The zero-order valence-corrected chi connectivity index (χ0v) is 18.4. The van der Waals surface area contributed by atoms with Crippen LogP contribution in [-0.4, -0.2) is 24.0 Å². The van der Waals surface area contributed by atoms with Crippen LogP contribution < -0.4 is 15.5 Å². The van der Waals surface area contributed by atoms with Crippen molar-refractivity contribution in [2.24, 2.45) is 5.10 Å². The molecule has 0 spiro atoms. The molecule has 0 heterocycles. The molecule has 10 heteroatoms. The number of hydrogen-bond acceptors (Lipinski definition) is 5. The van der Waals surface area contributed by atoms with E-state index in [4.69, 9.17) is 39.5 Å². The minimum absolute atomic E-state index is 0.120. The highest BCUT2D eigenvalue weighted by molar-refractivity contribution is 6.45. The van der Waals surface area contributed by atoms with E-state index >= 15 is 0 Å². The second kappa shape index (κ2) is 10.8. The Morgan fingerprint density at radius 3 is 2.22 bits per heavy atom. The van der Waals surface area contributed by atoms with E-state index in [0.717, 1.165) is 0 Å². The number of hydrazone groups is 1. The Balaban J connectivity index is 1.53. The van der Waals surface area contributed by atoms with Crippen molar-refractivity contribution in [3.05, 3.63) is 92.9 Å². The van der Waals surface area contributed by atoms with E-state index in [9.17, 15) is 14.4 Å². The number of ether oxygens (including phenoxy) is 1. The Morgan fingerprint density at radius 1 is 0.812 bits per heavy atom. The summed E-state index contributed by atoms with van der Waals surface area (Å²) in [6.45, 7) is 0. The van der Waals surface area contributed by atoms with Gasteiger partial charge in [0.05, 0.1) is 32.5 Å². The van der Waals surface area contributed by atoms with Crippen molar-refractivity contribution in [3.63, 3.8) is 0 Å². The SMILES string of the molecule is O=C(N/N=C\c1ccc(OC(=O)c2ccccc2Cl)cc1)C(=O)Nc1cccc(Cl)c1Cl. The van der Waals surface area contributed by atoms with Gasteiger partial charge in [0.15, 0.2) is 0 Å². The molecule has 0 aliphatic rings. The van der Waals surface area contributed by atoms with Crippen LogP contribution in [0.3, 0.4) is 0 Å². The maximum atomic E-state index is 12.2. The van der Waals surface area contributed by atoms with Gasteiger partial charge in [-0.25, -0.2) is 10.2 Å². The summed E-state index contributed by atoms with van der Waals surface area (Å²) in [6.07, 6.45) is 1.32. The van der Waals surface area contributed by atoms with Gasteiger partial charge in [0.25, 0.3) is 0 Å². The number of amides is 2. The average molecular weight is 491 g/mol. The van der Waals surface area contributed by atoms with Crippen LogP contribution in [0, 0.1) is 0 Å². The molecule has 0 radical (unpaired) electrons. The van der Waals surface area contributed by atoms with Crippen LogP contribution in [0.25, 0.3) is 0 Å². The number of esters is 1. The molecule has 0 aromatic heterocycles. The van der Waals surface area contributed by atoms with Crippen LogP contribution in [0.2, 0.25) is 15.1 Å². The fraction of sp³-hybridized carbons (Fsp3) is 0. The first kappa shape index (κ1) is 23.3. The lowest BCUT2D eigenvalue weighted by molar-refractivity contribution is -0.136. The molecule has 0 atom stereocenters. The predicted octanol–water partition coefficient (Wildman–Crippen LogP) is 4.95. The maximum absolute atomic E-state index is 12.2. The zero-order chi connectivity index (χ0) is 23.1. The Hall–Kier alpha value is -3.39. The number of hydrogen-bond donors (Lipinski definition) is 2. The number of nitrogens with zero attached hydrogens (tertiary/aromatic N) is 1. The number of halogens is 3. The molecule has 2 amide bonds. The average Bonchev–Trinajstić information content (AvgIpc) is 2.78. The zero-order valence-electron chi connectivity index (χ0n) is 16.1. The number of rotatable bonds is 5. The number of carbonyl (C=O) groups is 3. The molecule has 0 saturated carbocycles. The minimum Gasteiger partial charge on any atom is -0.423 e. The minimum atomic E-state index is -0.998. The lowest BCUT2D eigenvalue weighted by Gasteiger charge is -2.07. The summed E-state index contributed by atoms with van der Waals surface area (Å²) in [5.41, 5.74) is 3.14. The number of carbonyl (C=O) groups excluding carboxylic acids is 3. The van der Waals surface area contributed by atoms with Crippen LogP contribution in [0.5, 0.6) is 5.75 Å². The molecule has 0 bridgehead atoms. The van der Waals surface area contributed by atoms with Crippen molar-refractivity contribution in [1.29, 1.82) is 0 Å². The topological polar surface area (TPSA) is 96.9 Å². The Morgan fingerprint density at radius 2 is 1.50 bits per heavy atom. The first-order valence-electron chi connectivity index (χ1n) is 9.00. The highest BCUT2D eigenvalue weighted by Crippen LogP contribution is 2.29. The Kier molecular flexibility index (Phi) is 7.83. The molecule has 3 aromatic carbocycles. The van der Waals surface area contributed by atoms with Gasteiger partial charge in [-0.15, -0.1) is 0 Å². The molecule has 0 aliphatic heterocycles. The van der Waals surface area contributed by atoms with E-state index in [1.54, 1.807) is 60.7 Å². The first-order chi connectivity index (χ1) is 15.3. The van der Waals surface area contributed by atoms with Crippen molar-refractivity contribution >= 4 is 64.5 Å². The van der Waals surface area contributed by atoms with Crippen LogP contribution in [0.4, 0.5) is 5.69 Å². The summed E-state index contributed by atoms with van der Waals surface area (Å²) in [5.74, 6) is -2.25. The summed E-state index contributed by atoms with van der Waals surface area (Å²) in [7, 11) is 0. The number of anilines is 1. The fourth-order valence-corrected chi connectivity index (χ4v) is 2.97. The summed E-state index contributed by atoms with van der Waals surface area (Å²) in [5, 5.41) is 6.72. The quantitative estimate of drug-likeness (QED) is 0.174. The van der Waals surface area contributed by atoms with Crippen molar-refractivity contribution in [1.82, 2.24) is 5.43 Å². The van der Waals surface area contributed by atoms with Gasteiger partial charge in [0.2, 0.25) is 0 Å². The summed E-state index contributed by atoms with van der Waals surface area (Å²) < 4.78 is 5.27. The highest BCUT2D eigenvalue weighted by Gasteiger charge is 2.15. The fourth-order valence-electron chi connectivity index (χ4n) is 2.41. The maximum Gasteiger partial charge on any atom is 0.345 e. The molecule has 3 aromatic rings. The van der Waals surface area contributed by atoms with Crippen molar-refractivity contribution in [2.75, 3.05) is 5.32 Å². The van der Waals surface area contributed by atoms with Gasteiger partial charge in [-0.3, -0.25) is 9.59 Å². The molecule has 2 N–H and O–H groups in total. The van der Waals surface area contributed by atoms with E-state index in [-0.39, 0.29) is 21.3 Å². The smallest absolute Gasteiger partial charge is 0.345 e. The standard InChI is InChI=1S/C22H14Cl3N3O4/c23-16-5-2-1-4-15(16)22(31)32-14-10-8-13(9-11-14)12-26-28-21(30)20(29)27-18-7-3-6-17(24)19(18)25/h1-12H,(H,27,29)(H,28,30)/b26-12-. The van der Waals surface area contributed by atoms with Crippen molar-refractivity contribution < 1.29 is 19.1 Å². The molecule has 0 unspecified atom stereocenters. The van der Waals surface area contributed by atoms with Crippen LogP contribution in [0.15, 0.2) is 71.8 Å². The number of nitrogens with one attached hydrogen (secondary N) is 2. The molecular formula is C22H14Cl3N3O4. The highest BCUT2D eigenvalue weighted by atomic mass is 35.5. The van der Waals surface area contributed by atoms with Crippen LogP contribution in [-0.2, 0) is 9.59 Å². The summed E-state index contributed by atoms with van der Waals surface area (Å²) in [6, 6.07) is 17.5. The van der Waals surface area contributed by atoms with Gasteiger partial charge in [0, 0.05) is 0 Å². The molecule has 0 aliphatic carbocycles. The lowest BCUT2D eigenvalue weighted by atomic mass is 10.2. The lowest BCUT2D eigenvalue weighted by Crippen LogP contribution is -2.32. The second-order valence-corrected chi connectivity index (χ2v) is 7.39. The van der Waals surface area contributed by atoms with E-state index in [2.05, 4.69) is 15.8 Å². The van der Waals surface area contributed by atoms with Crippen molar-refractivity contribution in [2.45, 2.75) is 0 Å². The third kappa shape index (κ3) is 6.07. The largest absolute Gasteiger partial charge is 0.423 e. The second-order valence-electron chi connectivity index (χ2n) is 6.19. The van der Waals surface area contributed by atoms with Gasteiger partial charge in [-0.05, 0) is 54.1 Å². The monoisotopic (exact) mass is 489 g/mol.